The minimum atomic E-state index is -0.293. The Morgan fingerprint density at radius 2 is 2.38 bits per heavy atom. The number of carbonyl (C=O) groups excluding carboxylic acids is 1. The molecule has 0 saturated heterocycles. The average molecular weight is 221 g/mol. The third kappa shape index (κ3) is 5.58. The van der Waals surface area contributed by atoms with Gasteiger partial charge in [-0.25, -0.2) is 0 Å². The monoisotopic (exact) mass is 221 g/mol. The van der Waals surface area contributed by atoms with Gasteiger partial charge in [0.05, 0.1) is 6.04 Å². The fourth-order valence-corrected chi connectivity index (χ4v) is 1.43. The molecule has 1 aromatic heterocycles. The molecule has 0 saturated carbocycles. The molecular formula is C12H19N3O. The van der Waals surface area contributed by atoms with Crippen LogP contribution in [0.25, 0.3) is 0 Å². The van der Waals surface area contributed by atoms with Crippen molar-refractivity contribution >= 4 is 6.29 Å². The van der Waals surface area contributed by atoms with Gasteiger partial charge in [0.25, 0.3) is 0 Å². The molecule has 0 spiro atoms. The lowest BCUT2D eigenvalue weighted by Gasteiger charge is -2.05. The zero-order valence-corrected chi connectivity index (χ0v) is 9.43. The highest BCUT2D eigenvalue weighted by molar-refractivity contribution is 5.56. The molecule has 16 heavy (non-hydrogen) atoms. The molecular weight excluding hydrogens is 202 g/mol. The molecule has 3 N–H and O–H groups in total. The fourth-order valence-electron chi connectivity index (χ4n) is 1.43. The molecule has 0 radical (unpaired) electrons. The summed E-state index contributed by atoms with van der Waals surface area (Å²) in [5.41, 5.74) is 6.67. The van der Waals surface area contributed by atoms with Gasteiger partial charge in [0.2, 0.25) is 0 Å². The second kappa shape index (κ2) is 7.96. The molecule has 1 heterocycles. The molecule has 0 fully saturated rings. The lowest BCUT2D eigenvalue weighted by atomic mass is 10.1. The molecule has 0 aliphatic rings. The third-order valence-electron chi connectivity index (χ3n) is 2.37. The number of nitrogens with zero attached hydrogens (tertiary/aromatic N) is 1. The fraction of sp³-hybridized carbons (Fsp3) is 0.500. The van der Waals surface area contributed by atoms with E-state index in [1.165, 1.54) is 5.56 Å². The zero-order chi connectivity index (χ0) is 11.6. The molecule has 0 aliphatic carbocycles. The number of carbonyl (C=O) groups is 1. The highest BCUT2D eigenvalue weighted by atomic mass is 16.1. The number of unbranched alkanes of at least 4 members (excludes halogenated alkanes) is 1. The lowest BCUT2D eigenvalue weighted by molar-refractivity contribution is -0.109. The normalized spacial score (nSPS) is 12.3. The second-order valence-corrected chi connectivity index (χ2v) is 3.83. The van der Waals surface area contributed by atoms with Crippen molar-refractivity contribution in [3.8, 4) is 0 Å². The van der Waals surface area contributed by atoms with Crippen molar-refractivity contribution in [1.82, 2.24) is 10.3 Å². The maximum atomic E-state index is 10.3. The highest BCUT2D eigenvalue weighted by Gasteiger charge is 1.98. The van der Waals surface area contributed by atoms with Crippen LogP contribution in [0.1, 0.15) is 24.8 Å². The van der Waals surface area contributed by atoms with Crippen molar-refractivity contribution in [3.05, 3.63) is 30.1 Å². The average Bonchev–Trinajstić information content (AvgIpc) is 2.34. The quantitative estimate of drug-likeness (QED) is 0.505. The van der Waals surface area contributed by atoms with E-state index in [1.54, 1.807) is 6.20 Å². The maximum absolute atomic E-state index is 10.3. The summed E-state index contributed by atoms with van der Waals surface area (Å²) in [6.07, 6.45) is 7.24. The molecule has 0 aromatic carbocycles. The van der Waals surface area contributed by atoms with Crippen LogP contribution < -0.4 is 11.1 Å². The van der Waals surface area contributed by atoms with Crippen molar-refractivity contribution < 1.29 is 4.79 Å². The van der Waals surface area contributed by atoms with Crippen molar-refractivity contribution in [3.63, 3.8) is 0 Å². The molecule has 4 heteroatoms. The minimum Gasteiger partial charge on any atom is -0.322 e. The zero-order valence-electron chi connectivity index (χ0n) is 9.43. The van der Waals surface area contributed by atoms with Gasteiger partial charge in [0.15, 0.2) is 0 Å². The summed E-state index contributed by atoms with van der Waals surface area (Å²) in [5, 5.41) is 3.32. The van der Waals surface area contributed by atoms with Gasteiger partial charge in [0.1, 0.15) is 6.29 Å². The first-order valence-corrected chi connectivity index (χ1v) is 5.63. The van der Waals surface area contributed by atoms with Crippen LogP contribution in [0, 0.1) is 0 Å². The van der Waals surface area contributed by atoms with E-state index in [9.17, 15) is 4.79 Å². The number of pyridine rings is 1. The van der Waals surface area contributed by atoms with Gasteiger partial charge in [0, 0.05) is 18.9 Å². The van der Waals surface area contributed by atoms with E-state index in [2.05, 4.69) is 10.3 Å². The van der Waals surface area contributed by atoms with Crippen molar-refractivity contribution in [2.75, 3.05) is 6.54 Å². The maximum Gasteiger partial charge on any atom is 0.136 e. The summed E-state index contributed by atoms with van der Waals surface area (Å²) in [6.45, 7) is 1.79. The van der Waals surface area contributed by atoms with E-state index in [4.69, 9.17) is 5.73 Å². The van der Waals surface area contributed by atoms with Crippen molar-refractivity contribution in [2.24, 2.45) is 5.73 Å². The van der Waals surface area contributed by atoms with E-state index in [0.29, 0.717) is 0 Å². The van der Waals surface area contributed by atoms with Crippen LogP contribution >= 0.6 is 0 Å². The van der Waals surface area contributed by atoms with Gasteiger partial charge in [-0.3, -0.25) is 4.98 Å². The van der Waals surface area contributed by atoms with Crippen LogP contribution in [0.5, 0.6) is 0 Å². The summed E-state index contributed by atoms with van der Waals surface area (Å²) in [4.78, 5) is 14.3. The predicted molar refractivity (Wildman–Crippen MR) is 63.8 cm³/mol. The molecule has 0 unspecified atom stereocenters. The Labute approximate surface area is 96.3 Å². The third-order valence-corrected chi connectivity index (χ3v) is 2.37. The summed E-state index contributed by atoms with van der Waals surface area (Å²) in [6, 6.07) is 3.68. The first-order chi connectivity index (χ1) is 7.83. The summed E-state index contributed by atoms with van der Waals surface area (Å²) in [7, 11) is 0. The van der Waals surface area contributed by atoms with Crippen LogP contribution in [0.4, 0.5) is 0 Å². The molecule has 0 aliphatic heterocycles. The summed E-state index contributed by atoms with van der Waals surface area (Å²) < 4.78 is 0. The van der Waals surface area contributed by atoms with Gasteiger partial charge in [-0.05, 0) is 31.0 Å². The van der Waals surface area contributed by atoms with Crippen LogP contribution in [0.2, 0.25) is 0 Å². The van der Waals surface area contributed by atoms with Crippen LogP contribution in [-0.2, 0) is 11.3 Å². The van der Waals surface area contributed by atoms with Gasteiger partial charge < -0.3 is 15.8 Å². The number of hydrogen-bond donors (Lipinski definition) is 2. The number of hydrogen-bond acceptors (Lipinski definition) is 4. The highest BCUT2D eigenvalue weighted by Crippen LogP contribution is 1.98. The van der Waals surface area contributed by atoms with Crippen LogP contribution in [0.15, 0.2) is 24.5 Å². The molecule has 4 nitrogen and oxygen atoms in total. The Hall–Kier alpha value is -1.26. The smallest absolute Gasteiger partial charge is 0.136 e. The SMILES string of the molecule is N[C@H](C=O)CCCCNCc1cccnc1. The Bertz CT molecular complexity index is 290. The number of nitrogens with two attached hydrogens (primary N) is 1. The van der Waals surface area contributed by atoms with Crippen LogP contribution in [-0.4, -0.2) is 23.9 Å². The molecule has 1 rings (SSSR count). The van der Waals surface area contributed by atoms with Gasteiger partial charge >= 0.3 is 0 Å². The van der Waals surface area contributed by atoms with Gasteiger partial charge in [-0.15, -0.1) is 0 Å². The van der Waals surface area contributed by atoms with Gasteiger partial charge in [-0.1, -0.05) is 12.5 Å². The van der Waals surface area contributed by atoms with Crippen molar-refractivity contribution in [2.45, 2.75) is 31.8 Å². The minimum absolute atomic E-state index is 0.293. The van der Waals surface area contributed by atoms with Gasteiger partial charge in [-0.2, -0.15) is 0 Å². The van der Waals surface area contributed by atoms with E-state index >= 15 is 0 Å². The molecule has 0 bridgehead atoms. The largest absolute Gasteiger partial charge is 0.322 e. The van der Waals surface area contributed by atoms with E-state index in [1.807, 2.05) is 18.3 Å². The Kier molecular flexibility index (Phi) is 6.37. The molecule has 1 atom stereocenters. The number of nitrogens with one attached hydrogen (secondary N) is 1. The predicted octanol–water partition coefficient (Wildman–Crippen LogP) is 0.868. The number of aromatic nitrogens is 1. The number of rotatable bonds is 8. The molecule has 88 valence electrons. The standard InChI is InChI=1S/C12H19N3O/c13-12(10-16)5-1-2-6-14-8-11-4-3-7-15-9-11/h3-4,7,9-10,12,14H,1-2,5-6,8,13H2/t12-/m0/s1. The first-order valence-electron chi connectivity index (χ1n) is 5.63. The number of aldehydes is 1. The Morgan fingerprint density at radius 3 is 3.06 bits per heavy atom. The first kappa shape index (κ1) is 12.8. The lowest BCUT2D eigenvalue weighted by Crippen LogP contribution is -2.22. The van der Waals surface area contributed by atoms with Crippen molar-refractivity contribution in [1.29, 1.82) is 0 Å². The Balaban J connectivity index is 1.98. The van der Waals surface area contributed by atoms with E-state index in [0.717, 1.165) is 38.6 Å². The Morgan fingerprint density at radius 1 is 1.50 bits per heavy atom. The topological polar surface area (TPSA) is 68.0 Å². The molecule has 0 amide bonds. The van der Waals surface area contributed by atoms with E-state index < -0.39 is 0 Å². The second-order valence-electron chi connectivity index (χ2n) is 3.83. The van der Waals surface area contributed by atoms with E-state index in [-0.39, 0.29) is 6.04 Å². The summed E-state index contributed by atoms with van der Waals surface area (Å²) >= 11 is 0. The summed E-state index contributed by atoms with van der Waals surface area (Å²) in [5.74, 6) is 0. The van der Waals surface area contributed by atoms with Crippen LogP contribution in [0.3, 0.4) is 0 Å². The molecule has 1 aromatic rings.